The predicted molar refractivity (Wildman–Crippen MR) is 64.5 cm³/mol. The van der Waals surface area contributed by atoms with E-state index in [1.807, 2.05) is 20.8 Å². The lowest BCUT2D eigenvalue weighted by atomic mass is 9.95. The molecule has 0 saturated carbocycles. The third-order valence-electron chi connectivity index (χ3n) is 1.44. The van der Waals surface area contributed by atoms with Crippen molar-refractivity contribution in [1.82, 2.24) is 5.32 Å². The first kappa shape index (κ1) is 15.5. The Labute approximate surface area is 102 Å². The molecule has 0 aromatic rings. The minimum atomic E-state index is -1.19. The summed E-state index contributed by atoms with van der Waals surface area (Å²) in [6.07, 6.45) is 0.703. The van der Waals surface area contributed by atoms with Gasteiger partial charge in [-0.2, -0.15) is 0 Å². The summed E-state index contributed by atoms with van der Waals surface area (Å²) in [6, 6.07) is 0. The summed E-state index contributed by atoms with van der Waals surface area (Å²) in [6.45, 7) is 10.6. The lowest BCUT2D eigenvalue weighted by Crippen LogP contribution is -2.34. The maximum absolute atomic E-state index is 11.4. The molecule has 0 radical (unpaired) electrons. The molecule has 0 saturated heterocycles. The zero-order valence-electron chi connectivity index (χ0n) is 11.2. The highest BCUT2D eigenvalue weighted by Crippen LogP contribution is 2.17. The Balaban J connectivity index is 4.76. The molecule has 0 spiro atoms. The van der Waals surface area contributed by atoms with Crippen LogP contribution < -0.4 is 5.32 Å². The van der Waals surface area contributed by atoms with Crippen LogP contribution in [0.3, 0.4) is 0 Å². The minimum Gasteiger partial charge on any atom is -0.477 e. The summed E-state index contributed by atoms with van der Waals surface area (Å²) in [7, 11) is 0. The second-order valence-electron chi connectivity index (χ2n) is 5.86. The lowest BCUT2D eigenvalue weighted by Gasteiger charge is -2.20. The number of carboxylic acid groups (broad SMARTS) is 1. The molecule has 98 valence electrons. The molecular formula is C12H21NO4. The maximum atomic E-state index is 11.4. The van der Waals surface area contributed by atoms with E-state index < -0.39 is 17.7 Å². The Kier molecular flexibility index (Phi) is 4.74. The van der Waals surface area contributed by atoms with Gasteiger partial charge in [-0.25, -0.2) is 9.59 Å². The van der Waals surface area contributed by atoms with Crippen molar-refractivity contribution in [2.75, 3.05) is 0 Å². The number of amides is 1. The van der Waals surface area contributed by atoms with E-state index in [0.717, 1.165) is 0 Å². The average Bonchev–Trinajstić information content (AvgIpc) is 1.95. The summed E-state index contributed by atoms with van der Waals surface area (Å²) in [4.78, 5) is 22.4. The molecular weight excluding hydrogens is 222 g/mol. The molecule has 1 amide bonds. The zero-order valence-corrected chi connectivity index (χ0v) is 11.2. The van der Waals surface area contributed by atoms with E-state index in [0.29, 0.717) is 0 Å². The lowest BCUT2D eigenvalue weighted by molar-refractivity contribution is -0.133. The van der Waals surface area contributed by atoms with Crippen molar-refractivity contribution in [2.24, 2.45) is 5.41 Å². The van der Waals surface area contributed by atoms with Gasteiger partial charge in [-0.05, 0) is 32.3 Å². The number of rotatable bonds is 2. The first-order chi connectivity index (χ1) is 7.41. The average molecular weight is 243 g/mol. The van der Waals surface area contributed by atoms with Crippen LogP contribution >= 0.6 is 0 Å². The molecule has 0 fully saturated rings. The van der Waals surface area contributed by atoms with E-state index in [4.69, 9.17) is 9.84 Å². The standard InChI is InChI=1S/C12H21NO4/c1-11(2,3)7-8(9(14)15)13-10(16)17-12(4,5)6/h7H,1-6H3,(H,13,16)(H,14,15). The Morgan fingerprint density at radius 2 is 1.59 bits per heavy atom. The normalized spacial score (nSPS) is 13.2. The van der Waals surface area contributed by atoms with Gasteiger partial charge in [0, 0.05) is 0 Å². The van der Waals surface area contributed by atoms with Crippen molar-refractivity contribution in [2.45, 2.75) is 47.1 Å². The Hall–Kier alpha value is -1.52. The van der Waals surface area contributed by atoms with Crippen molar-refractivity contribution in [3.8, 4) is 0 Å². The fraction of sp³-hybridized carbons (Fsp3) is 0.667. The second-order valence-corrected chi connectivity index (χ2v) is 5.86. The summed E-state index contributed by atoms with van der Waals surface area (Å²) in [5.41, 5.74) is -1.18. The second kappa shape index (κ2) is 5.21. The van der Waals surface area contributed by atoms with Gasteiger partial charge in [0.15, 0.2) is 0 Å². The number of alkyl carbamates (subject to hydrolysis) is 1. The highest BCUT2D eigenvalue weighted by molar-refractivity contribution is 5.90. The summed E-state index contributed by atoms with van der Waals surface area (Å²) >= 11 is 0. The molecule has 0 bridgehead atoms. The van der Waals surface area contributed by atoms with E-state index in [2.05, 4.69) is 5.32 Å². The van der Waals surface area contributed by atoms with Crippen molar-refractivity contribution in [3.63, 3.8) is 0 Å². The van der Waals surface area contributed by atoms with Gasteiger partial charge in [0.25, 0.3) is 0 Å². The first-order valence-corrected chi connectivity index (χ1v) is 5.37. The van der Waals surface area contributed by atoms with Crippen LogP contribution in [0.4, 0.5) is 4.79 Å². The Morgan fingerprint density at radius 1 is 1.12 bits per heavy atom. The largest absolute Gasteiger partial charge is 0.477 e. The van der Waals surface area contributed by atoms with Crippen LogP contribution in [-0.2, 0) is 9.53 Å². The minimum absolute atomic E-state index is 0.174. The van der Waals surface area contributed by atoms with Gasteiger partial charge in [-0.3, -0.25) is 5.32 Å². The van der Waals surface area contributed by atoms with Gasteiger partial charge < -0.3 is 9.84 Å². The molecule has 0 aliphatic rings. The fourth-order valence-electron chi connectivity index (χ4n) is 0.998. The van der Waals surface area contributed by atoms with Crippen LogP contribution in [0.5, 0.6) is 0 Å². The van der Waals surface area contributed by atoms with Crippen LogP contribution in [0.25, 0.3) is 0 Å². The predicted octanol–water partition coefficient (Wildman–Crippen LogP) is 2.53. The smallest absolute Gasteiger partial charge is 0.412 e. The molecule has 0 unspecified atom stereocenters. The van der Waals surface area contributed by atoms with Gasteiger partial charge in [0.2, 0.25) is 0 Å². The number of hydrogen-bond donors (Lipinski definition) is 2. The van der Waals surface area contributed by atoms with E-state index in [1.54, 1.807) is 20.8 Å². The number of carboxylic acids is 1. The summed E-state index contributed by atoms with van der Waals surface area (Å²) in [5.74, 6) is -1.19. The molecule has 0 atom stereocenters. The van der Waals surface area contributed by atoms with Crippen molar-refractivity contribution >= 4 is 12.1 Å². The van der Waals surface area contributed by atoms with Crippen LogP contribution in [0.15, 0.2) is 11.8 Å². The van der Waals surface area contributed by atoms with Crippen molar-refractivity contribution in [3.05, 3.63) is 11.8 Å². The van der Waals surface area contributed by atoms with Crippen LogP contribution in [-0.4, -0.2) is 22.8 Å². The number of allylic oxidation sites excluding steroid dienone is 1. The van der Waals surface area contributed by atoms with Crippen LogP contribution in [0.1, 0.15) is 41.5 Å². The van der Waals surface area contributed by atoms with Crippen molar-refractivity contribution < 1.29 is 19.4 Å². The zero-order chi connectivity index (χ0) is 13.9. The summed E-state index contributed by atoms with van der Waals surface area (Å²) in [5, 5.41) is 11.2. The maximum Gasteiger partial charge on any atom is 0.412 e. The number of hydrogen-bond acceptors (Lipinski definition) is 3. The highest BCUT2D eigenvalue weighted by Gasteiger charge is 2.20. The molecule has 2 N–H and O–H groups in total. The number of ether oxygens (including phenoxy) is 1. The highest BCUT2D eigenvalue weighted by atomic mass is 16.6. The molecule has 0 heterocycles. The van der Waals surface area contributed by atoms with Gasteiger partial charge >= 0.3 is 12.1 Å². The SMILES string of the molecule is CC(C)(C)C=C(NC(=O)OC(C)(C)C)C(=O)O. The van der Waals surface area contributed by atoms with Gasteiger partial charge in [-0.15, -0.1) is 0 Å². The van der Waals surface area contributed by atoms with E-state index in [-0.39, 0.29) is 11.1 Å². The van der Waals surface area contributed by atoms with Crippen LogP contribution in [0.2, 0.25) is 0 Å². The number of nitrogens with one attached hydrogen (secondary N) is 1. The van der Waals surface area contributed by atoms with E-state index >= 15 is 0 Å². The molecule has 5 heteroatoms. The number of aliphatic carboxylic acids is 1. The third kappa shape index (κ3) is 8.30. The third-order valence-corrected chi connectivity index (χ3v) is 1.44. The van der Waals surface area contributed by atoms with Gasteiger partial charge in [-0.1, -0.05) is 20.8 Å². The molecule has 0 rings (SSSR count). The molecule has 0 aromatic heterocycles. The molecule has 0 aliphatic carbocycles. The van der Waals surface area contributed by atoms with Crippen LogP contribution in [0, 0.1) is 5.41 Å². The van der Waals surface area contributed by atoms with E-state index in [9.17, 15) is 9.59 Å². The topological polar surface area (TPSA) is 75.6 Å². The number of carbonyl (C=O) groups excluding carboxylic acids is 1. The quantitative estimate of drug-likeness (QED) is 0.731. The van der Waals surface area contributed by atoms with Gasteiger partial charge in [0.05, 0.1) is 0 Å². The number of carbonyl (C=O) groups is 2. The summed E-state index contributed by atoms with van der Waals surface area (Å²) < 4.78 is 4.98. The Morgan fingerprint density at radius 3 is 1.88 bits per heavy atom. The van der Waals surface area contributed by atoms with Gasteiger partial charge in [0.1, 0.15) is 11.3 Å². The monoisotopic (exact) mass is 243 g/mol. The molecule has 0 aliphatic heterocycles. The van der Waals surface area contributed by atoms with E-state index in [1.165, 1.54) is 6.08 Å². The molecule has 17 heavy (non-hydrogen) atoms. The molecule has 0 aromatic carbocycles. The Bertz CT molecular complexity index is 331. The fourth-order valence-corrected chi connectivity index (χ4v) is 0.998. The van der Waals surface area contributed by atoms with Crippen molar-refractivity contribution in [1.29, 1.82) is 0 Å². The first-order valence-electron chi connectivity index (χ1n) is 5.37. The molecule has 5 nitrogen and oxygen atoms in total.